The van der Waals surface area contributed by atoms with Gasteiger partial charge >= 0.3 is 0 Å². The Morgan fingerprint density at radius 3 is 2.92 bits per heavy atom. The van der Waals surface area contributed by atoms with Crippen LogP contribution >= 0.6 is 0 Å². The Morgan fingerprint density at radius 2 is 2.31 bits per heavy atom. The average Bonchev–Trinajstić information content (AvgIpc) is 2.39. The van der Waals surface area contributed by atoms with Crippen molar-refractivity contribution in [2.75, 3.05) is 6.61 Å². The summed E-state index contributed by atoms with van der Waals surface area (Å²) in [6, 6.07) is 0. The first-order valence-electron chi connectivity index (χ1n) is 4.93. The fourth-order valence-corrected chi connectivity index (χ4v) is 2.83. The van der Waals surface area contributed by atoms with Gasteiger partial charge in [0.1, 0.15) is 5.78 Å². The zero-order valence-electron chi connectivity index (χ0n) is 7.86. The molecule has 3 nitrogen and oxygen atoms in total. The topological polar surface area (TPSA) is 57.5 Å². The van der Waals surface area contributed by atoms with Crippen molar-refractivity contribution in [3.63, 3.8) is 0 Å². The lowest BCUT2D eigenvalue weighted by molar-refractivity contribution is -0.127. The van der Waals surface area contributed by atoms with Gasteiger partial charge in [0, 0.05) is 12.3 Å². The minimum absolute atomic E-state index is 0.00574. The molecule has 2 saturated carbocycles. The molecule has 0 amide bonds. The Labute approximate surface area is 77.8 Å². The van der Waals surface area contributed by atoms with Gasteiger partial charge in [-0.05, 0) is 24.7 Å². The summed E-state index contributed by atoms with van der Waals surface area (Å²) in [6.45, 7) is 1.74. The molecule has 0 aliphatic heterocycles. The van der Waals surface area contributed by atoms with E-state index in [2.05, 4.69) is 0 Å². The Bertz CT molecular complexity index is 238. The number of aliphatic hydroxyl groups is 2. The van der Waals surface area contributed by atoms with Crippen molar-refractivity contribution in [2.24, 2.45) is 17.8 Å². The molecule has 3 heteroatoms. The van der Waals surface area contributed by atoms with Gasteiger partial charge in [-0.1, -0.05) is 6.92 Å². The molecule has 0 saturated heterocycles. The van der Waals surface area contributed by atoms with E-state index < -0.39 is 5.60 Å². The van der Waals surface area contributed by atoms with Crippen LogP contribution in [0.15, 0.2) is 0 Å². The minimum atomic E-state index is -0.967. The molecule has 0 radical (unpaired) electrons. The molecule has 4 atom stereocenters. The number of carbonyl (C=O) groups excluding carboxylic acids is 1. The summed E-state index contributed by atoms with van der Waals surface area (Å²) in [5, 5.41) is 19.1. The predicted molar refractivity (Wildman–Crippen MR) is 47.0 cm³/mol. The van der Waals surface area contributed by atoms with Crippen LogP contribution in [0.2, 0.25) is 0 Å². The first-order valence-corrected chi connectivity index (χ1v) is 4.93. The van der Waals surface area contributed by atoms with Crippen molar-refractivity contribution in [1.82, 2.24) is 0 Å². The minimum Gasteiger partial charge on any atom is -0.393 e. The largest absolute Gasteiger partial charge is 0.393 e. The number of hydrogen-bond donors (Lipinski definition) is 2. The molecule has 2 rings (SSSR count). The fraction of sp³-hybridized carbons (Fsp3) is 0.900. The highest BCUT2D eigenvalue weighted by Crippen LogP contribution is 2.49. The summed E-state index contributed by atoms with van der Waals surface area (Å²) in [5.74, 6) is 0.636. The van der Waals surface area contributed by atoms with E-state index in [1.54, 1.807) is 0 Å². The molecule has 2 bridgehead atoms. The molecule has 2 fully saturated rings. The average molecular weight is 184 g/mol. The second-order valence-electron chi connectivity index (χ2n) is 4.62. The van der Waals surface area contributed by atoms with Gasteiger partial charge in [-0.15, -0.1) is 0 Å². The third kappa shape index (κ3) is 1.22. The third-order valence-corrected chi connectivity index (χ3v) is 3.90. The summed E-state index contributed by atoms with van der Waals surface area (Å²) < 4.78 is 0. The van der Waals surface area contributed by atoms with Gasteiger partial charge in [-0.25, -0.2) is 0 Å². The normalized spacial score (nSPS) is 49.8. The quantitative estimate of drug-likeness (QED) is 0.618. The smallest absolute Gasteiger partial charge is 0.136 e. The van der Waals surface area contributed by atoms with E-state index in [4.69, 9.17) is 5.11 Å². The van der Waals surface area contributed by atoms with Crippen LogP contribution in [0.4, 0.5) is 0 Å². The second kappa shape index (κ2) is 2.79. The van der Waals surface area contributed by atoms with E-state index in [1.165, 1.54) is 0 Å². The Morgan fingerprint density at radius 1 is 1.62 bits per heavy atom. The molecule has 0 aromatic rings. The van der Waals surface area contributed by atoms with Crippen molar-refractivity contribution >= 4 is 5.78 Å². The van der Waals surface area contributed by atoms with Crippen LogP contribution in [0.25, 0.3) is 0 Å². The molecule has 0 unspecified atom stereocenters. The first-order chi connectivity index (χ1) is 6.07. The van der Waals surface area contributed by atoms with E-state index in [1.807, 2.05) is 6.92 Å². The van der Waals surface area contributed by atoms with Crippen molar-refractivity contribution < 1.29 is 15.0 Å². The summed E-state index contributed by atoms with van der Waals surface area (Å²) >= 11 is 0. The number of Topliss-reactive ketones (excluding diaryl/α,β-unsaturated/α-hetero) is 1. The highest BCUT2D eigenvalue weighted by molar-refractivity contribution is 5.82. The fourth-order valence-electron chi connectivity index (χ4n) is 2.83. The van der Waals surface area contributed by atoms with Crippen LogP contribution in [0.3, 0.4) is 0 Å². The van der Waals surface area contributed by atoms with Crippen LogP contribution in [0.1, 0.15) is 26.2 Å². The molecule has 2 aliphatic carbocycles. The highest BCUT2D eigenvalue weighted by Gasteiger charge is 2.52. The zero-order valence-corrected chi connectivity index (χ0v) is 7.86. The van der Waals surface area contributed by atoms with Gasteiger partial charge in [0.2, 0.25) is 0 Å². The predicted octanol–water partition coefficient (Wildman–Crippen LogP) is 0.345. The SMILES string of the molecule is C[C@@H]1C(=O)C[C@H]2C[C@@H]1C[C@]2(O)CO. The first kappa shape index (κ1) is 9.16. The molecular weight excluding hydrogens is 168 g/mol. The highest BCUT2D eigenvalue weighted by atomic mass is 16.3. The number of rotatable bonds is 1. The maximum atomic E-state index is 11.5. The monoisotopic (exact) mass is 184 g/mol. The molecule has 0 aromatic carbocycles. The van der Waals surface area contributed by atoms with Crippen LogP contribution < -0.4 is 0 Å². The number of fused-ring (bicyclic) bond motifs is 2. The molecule has 0 aromatic heterocycles. The standard InChI is InChI=1S/C10H16O3/c1-6-7-2-8(3-9(6)12)10(13,4-7)5-11/h6-8,11,13H,2-5H2,1H3/t6-,7+,8+,10-/m0/s1. The van der Waals surface area contributed by atoms with Crippen molar-refractivity contribution in [3.8, 4) is 0 Å². The van der Waals surface area contributed by atoms with Gasteiger partial charge in [0.05, 0.1) is 12.2 Å². The van der Waals surface area contributed by atoms with Gasteiger partial charge in [0.25, 0.3) is 0 Å². The van der Waals surface area contributed by atoms with E-state index in [9.17, 15) is 9.90 Å². The summed E-state index contributed by atoms with van der Waals surface area (Å²) in [4.78, 5) is 11.5. The van der Waals surface area contributed by atoms with Crippen molar-refractivity contribution in [3.05, 3.63) is 0 Å². The maximum Gasteiger partial charge on any atom is 0.136 e. The van der Waals surface area contributed by atoms with E-state index in [-0.39, 0.29) is 24.2 Å². The third-order valence-electron chi connectivity index (χ3n) is 3.90. The second-order valence-corrected chi connectivity index (χ2v) is 4.62. The Balaban J connectivity index is 2.23. The number of carbonyl (C=O) groups is 1. The Hall–Kier alpha value is -0.410. The summed E-state index contributed by atoms with van der Waals surface area (Å²) in [7, 11) is 0. The van der Waals surface area contributed by atoms with Crippen LogP contribution in [0, 0.1) is 17.8 Å². The molecule has 2 N–H and O–H groups in total. The molecule has 2 aliphatic rings. The van der Waals surface area contributed by atoms with Crippen LogP contribution in [0.5, 0.6) is 0 Å². The number of hydrogen-bond acceptors (Lipinski definition) is 3. The number of ketones is 1. The lowest BCUT2D eigenvalue weighted by atomic mass is 9.79. The molecule has 0 heterocycles. The van der Waals surface area contributed by atoms with Crippen molar-refractivity contribution in [1.29, 1.82) is 0 Å². The van der Waals surface area contributed by atoms with Gasteiger partial charge in [0.15, 0.2) is 0 Å². The van der Waals surface area contributed by atoms with Gasteiger partial charge < -0.3 is 10.2 Å². The number of aliphatic hydroxyl groups excluding tert-OH is 1. The summed E-state index contributed by atoms with van der Waals surface area (Å²) in [5.41, 5.74) is -0.967. The van der Waals surface area contributed by atoms with E-state index >= 15 is 0 Å². The van der Waals surface area contributed by atoms with Crippen LogP contribution in [-0.4, -0.2) is 28.2 Å². The maximum absolute atomic E-state index is 11.5. The summed E-state index contributed by atoms with van der Waals surface area (Å²) in [6.07, 6.45) is 1.96. The molecule has 0 spiro atoms. The van der Waals surface area contributed by atoms with Crippen LogP contribution in [-0.2, 0) is 4.79 Å². The van der Waals surface area contributed by atoms with E-state index in [0.717, 1.165) is 6.42 Å². The lowest BCUT2D eigenvalue weighted by Gasteiger charge is -2.28. The lowest BCUT2D eigenvalue weighted by Crippen LogP contribution is -2.38. The van der Waals surface area contributed by atoms with Gasteiger partial charge in [-0.3, -0.25) is 4.79 Å². The molecular formula is C10H16O3. The molecule has 13 heavy (non-hydrogen) atoms. The molecule has 74 valence electrons. The Kier molecular flexibility index (Phi) is 1.96. The van der Waals surface area contributed by atoms with Gasteiger partial charge in [-0.2, -0.15) is 0 Å². The zero-order chi connectivity index (χ0) is 9.64. The van der Waals surface area contributed by atoms with E-state index in [0.29, 0.717) is 18.8 Å². The van der Waals surface area contributed by atoms with Crippen molar-refractivity contribution in [2.45, 2.75) is 31.8 Å².